The van der Waals surface area contributed by atoms with Crippen LogP contribution in [0.1, 0.15) is 25.8 Å². The van der Waals surface area contributed by atoms with E-state index in [1.807, 2.05) is 44.3 Å². The van der Waals surface area contributed by atoms with E-state index < -0.39 is 5.54 Å². The van der Waals surface area contributed by atoms with Gasteiger partial charge in [-0.15, -0.1) is 0 Å². The summed E-state index contributed by atoms with van der Waals surface area (Å²) >= 11 is 0. The highest BCUT2D eigenvalue weighted by atomic mass is 16.1. The van der Waals surface area contributed by atoms with Gasteiger partial charge in [0.1, 0.15) is 5.54 Å². The molecule has 0 saturated carbocycles. The molecule has 19 heavy (non-hydrogen) atoms. The van der Waals surface area contributed by atoms with Gasteiger partial charge in [-0.1, -0.05) is 44.2 Å². The number of carbonyl (C=O) groups excluding carboxylic acids is 1. The first kappa shape index (κ1) is 15.7. The molecule has 1 aromatic rings. The largest absolute Gasteiger partial charge is 0.368 e. The lowest BCUT2D eigenvalue weighted by atomic mass is 9.88. The standard InChI is InChI=1S/C15H25N3O/c1-4-11-18(3)12-15(14(16)19,17-5-2)13-9-7-6-8-10-13/h6-10,17H,4-5,11-12H2,1-3H3,(H2,16,19). The van der Waals surface area contributed by atoms with Crippen LogP contribution in [-0.4, -0.2) is 37.5 Å². The van der Waals surface area contributed by atoms with Crippen molar-refractivity contribution < 1.29 is 4.79 Å². The van der Waals surface area contributed by atoms with Crippen LogP contribution in [0.25, 0.3) is 0 Å². The van der Waals surface area contributed by atoms with Gasteiger partial charge in [0.2, 0.25) is 5.91 Å². The van der Waals surface area contributed by atoms with Crippen molar-refractivity contribution >= 4 is 5.91 Å². The van der Waals surface area contributed by atoms with Crippen LogP contribution in [0, 0.1) is 0 Å². The van der Waals surface area contributed by atoms with E-state index in [1.165, 1.54) is 0 Å². The van der Waals surface area contributed by atoms with Gasteiger partial charge in [-0.25, -0.2) is 0 Å². The third-order valence-electron chi connectivity index (χ3n) is 3.28. The number of carbonyl (C=O) groups is 1. The molecule has 1 rings (SSSR count). The van der Waals surface area contributed by atoms with Crippen molar-refractivity contribution in [1.82, 2.24) is 10.2 Å². The van der Waals surface area contributed by atoms with Crippen molar-refractivity contribution in [3.8, 4) is 0 Å². The maximum absolute atomic E-state index is 12.1. The van der Waals surface area contributed by atoms with Crippen molar-refractivity contribution in [2.24, 2.45) is 5.73 Å². The van der Waals surface area contributed by atoms with E-state index >= 15 is 0 Å². The molecule has 0 spiro atoms. The number of likely N-dealkylation sites (N-methyl/N-ethyl adjacent to an activating group) is 2. The second-order valence-electron chi connectivity index (χ2n) is 4.90. The Morgan fingerprint density at radius 2 is 1.95 bits per heavy atom. The molecule has 1 aromatic carbocycles. The number of rotatable bonds is 8. The molecule has 106 valence electrons. The first-order chi connectivity index (χ1) is 9.06. The summed E-state index contributed by atoms with van der Waals surface area (Å²) in [6.07, 6.45) is 1.05. The van der Waals surface area contributed by atoms with Crippen LogP contribution >= 0.6 is 0 Å². The molecule has 3 N–H and O–H groups in total. The number of amides is 1. The summed E-state index contributed by atoms with van der Waals surface area (Å²) in [5.74, 6) is -0.330. The highest BCUT2D eigenvalue weighted by Gasteiger charge is 2.38. The molecule has 0 aliphatic rings. The zero-order valence-electron chi connectivity index (χ0n) is 12.1. The summed E-state index contributed by atoms with van der Waals surface area (Å²) in [7, 11) is 2.02. The third kappa shape index (κ3) is 3.78. The van der Waals surface area contributed by atoms with Crippen molar-refractivity contribution in [1.29, 1.82) is 0 Å². The van der Waals surface area contributed by atoms with Crippen LogP contribution in [-0.2, 0) is 10.3 Å². The Bertz CT molecular complexity index is 394. The van der Waals surface area contributed by atoms with Crippen LogP contribution in [0.3, 0.4) is 0 Å². The van der Waals surface area contributed by atoms with Gasteiger partial charge in [0.15, 0.2) is 0 Å². The Hall–Kier alpha value is -1.39. The predicted octanol–water partition coefficient (Wildman–Crippen LogP) is 1.32. The molecule has 0 radical (unpaired) electrons. The van der Waals surface area contributed by atoms with Crippen molar-refractivity contribution in [2.75, 3.05) is 26.7 Å². The second-order valence-corrected chi connectivity index (χ2v) is 4.90. The topological polar surface area (TPSA) is 58.4 Å². The maximum Gasteiger partial charge on any atom is 0.243 e. The minimum Gasteiger partial charge on any atom is -0.368 e. The van der Waals surface area contributed by atoms with Gasteiger partial charge in [0.05, 0.1) is 0 Å². The van der Waals surface area contributed by atoms with Gasteiger partial charge in [0, 0.05) is 6.54 Å². The van der Waals surface area contributed by atoms with E-state index in [0.29, 0.717) is 13.1 Å². The predicted molar refractivity (Wildman–Crippen MR) is 78.8 cm³/mol. The van der Waals surface area contributed by atoms with Crippen molar-refractivity contribution in [3.05, 3.63) is 35.9 Å². The summed E-state index contributed by atoms with van der Waals surface area (Å²) in [6, 6.07) is 9.71. The quantitative estimate of drug-likeness (QED) is 0.743. The Labute approximate surface area is 116 Å². The molecular weight excluding hydrogens is 238 g/mol. The lowest BCUT2D eigenvalue weighted by molar-refractivity contribution is -0.125. The average molecular weight is 263 g/mol. The molecule has 4 heteroatoms. The third-order valence-corrected chi connectivity index (χ3v) is 3.28. The van der Waals surface area contributed by atoms with E-state index in [4.69, 9.17) is 5.73 Å². The summed E-state index contributed by atoms with van der Waals surface area (Å²) in [5.41, 5.74) is 5.81. The normalized spacial score (nSPS) is 14.3. The molecule has 1 amide bonds. The number of hydrogen-bond donors (Lipinski definition) is 2. The molecule has 0 bridgehead atoms. The van der Waals surface area contributed by atoms with E-state index in [9.17, 15) is 4.79 Å². The molecule has 4 nitrogen and oxygen atoms in total. The van der Waals surface area contributed by atoms with Gasteiger partial charge < -0.3 is 10.6 Å². The number of nitrogens with zero attached hydrogens (tertiary/aromatic N) is 1. The van der Waals surface area contributed by atoms with Crippen LogP contribution in [0.5, 0.6) is 0 Å². The first-order valence-corrected chi connectivity index (χ1v) is 6.85. The van der Waals surface area contributed by atoms with Gasteiger partial charge in [-0.05, 0) is 32.1 Å². The fraction of sp³-hybridized carbons (Fsp3) is 0.533. The van der Waals surface area contributed by atoms with Crippen LogP contribution in [0.15, 0.2) is 30.3 Å². The van der Waals surface area contributed by atoms with Crippen LogP contribution in [0.4, 0.5) is 0 Å². The highest BCUT2D eigenvalue weighted by molar-refractivity contribution is 5.86. The monoisotopic (exact) mass is 263 g/mol. The van der Waals surface area contributed by atoms with Gasteiger partial charge >= 0.3 is 0 Å². The molecule has 0 fully saturated rings. The van der Waals surface area contributed by atoms with Crippen molar-refractivity contribution in [3.63, 3.8) is 0 Å². The highest BCUT2D eigenvalue weighted by Crippen LogP contribution is 2.22. The Morgan fingerprint density at radius 3 is 2.42 bits per heavy atom. The van der Waals surface area contributed by atoms with Crippen LogP contribution < -0.4 is 11.1 Å². The number of nitrogens with two attached hydrogens (primary N) is 1. The molecule has 0 saturated heterocycles. The molecule has 1 unspecified atom stereocenters. The molecule has 0 aromatic heterocycles. The summed E-state index contributed by atoms with van der Waals surface area (Å²) < 4.78 is 0. The summed E-state index contributed by atoms with van der Waals surface area (Å²) in [6.45, 7) is 6.32. The second kappa shape index (κ2) is 7.26. The minimum absolute atomic E-state index is 0.330. The fourth-order valence-corrected chi connectivity index (χ4v) is 2.45. The number of hydrogen-bond acceptors (Lipinski definition) is 3. The molecule has 0 aliphatic carbocycles. The Morgan fingerprint density at radius 1 is 1.32 bits per heavy atom. The first-order valence-electron chi connectivity index (χ1n) is 6.85. The van der Waals surface area contributed by atoms with Gasteiger partial charge in [-0.2, -0.15) is 0 Å². The Kier molecular flexibility index (Phi) is 5.99. The minimum atomic E-state index is -0.820. The van der Waals surface area contributed by atoms with Gasteiger partial charge in [-0.3, -0.25) is 10.1 Å². The van der Waals surface area contributed by atoms with Crippen LogP contribution in [0.2, 0.25) is 0 Å². The molecule has 1 atom stereocenters. The lowest BCUT2D eigenvalue weighted by Crippen LogP contribution is -2.58. The molecule has 0 aliphatic heterocycles. The molecular formula is C15H25N3O. The maximum atomic E-state index is 12.1. The zero-order chi connectivity index (χ0) is 14.3. The summed E-state index contributed by atoms with van der Waals surface area (Å²) in [4.78, 5) is 14.2. The van der Waals surface area contributed by atoms with E-state index in [1.54, 1.807) is 0 Å². The smallest absolute Gasteiger partial charge is 0.243 e. The number of benzene rings is 1. The van der Waals surface area contributed by atoms with Crippen molar-refractivity contribution in [2.45, 2.75) is 25.8 Å². The lowest BCUT2D eigenvalue weighted by Gasteiger charge is -2.35. The number of nitrogens with one attached hydrogen (secondary N) is 1. The van der Waals surface area contributed by atoms with E-state index in [-0.39, 0.29) is 5.91 Å². The fourth-order valence-electron chi connectivity index (χ4n) is 2.45. The zero-order valence-corrected chi connectivity index (χ0v) is 12.1. The summed E-state index contributed by atoms with van der Waals surface area (Å²) in [5, 5.41) is 3.28. The number of primary amides is 1. The molecule has 0 heterocycles. The van der Waals surface area contributed by atoms with E-state index in [0.717, 1.165) is 18.5 Å². The SMILES string of the molecule is CCCN(C)CC(NCC)(C(N)=O)c1ccccc1. The van der Waals surface area contributed by atoms with Gasteiger partial charge in [0.25, 0.3) is 0 Å². The average Bonchev–Trinajstić information content (AvgIpc) is 2.39. The van der Waals surface area contributed by atoms with E-state index in [2.05, 4.69) is 17.1 Å². The Balaban J connectivity index is 3.11.